The Morgan fingerprint density at radius 3 is 2.17 bits per heavy atom. The van der Waals surface area contributed by atoms with Crippen molar-refractivity contribution in [2.75, 3.05) is 0 Å². The third-order valence-corrected chi connectivity index (χ3v) is 9.86. The topological polar surface area (TPSA) is 3.88 Å². The molecule has 0 saturated carbocycles. The van der Waals surface area contributed by atoms with Crippen LogP contribution in [-0.2, 0) is 19.9 Å². The molecule has 0 aliphatic carbocycles. The van der Waals surface area contributed by atoms with Crippen molar-refractivity contribution in [3.8, 4) is 11.3 Å². The average Bonchev–Trinajstić information content (AvgIpc) is 2.90. The van der Waals surface area contributed by atoms with Crippen molar-refractivity contribution in [2.24, 2.45) is 17.9 Å². The summed E-state index contributed by atoms with van der Waals surface area (Å²) in [6.07, 6.45) is 4.39. The molecule has 6 aromatic rings. The number of hydrogen-bond acceptors (Lipinski definition) is 1. The predicted octanol–water partition coefficient (Wildman–Crippen LogP) is 10.7. The summed E-state index contributed by atoms with van der Waals surface area (Å²) in [5.74, 6) is 0. The Labute approximate surface area is 248 Å². The summed E-state index contributed by atoms with van der Waals surface area (Å²) >= 11 is 2.01. The molecule has 0 N–H and O–H groups in total. The van der Waals surface area contributed by atoms with Crippen molar-refractivity contribution in [1.29, 1.82) is 0 Å². The second kappa shape index (κ2) is 9.07. The maximum Gasteiger partial charge on any atom is 0.222 e. The van der Waals surface area contributed by atoms with Gasteiger partial charge in [-0.2, -0.15) is 0 Å². The molecule has 1 aromatic heterocycles. The van der Waals surface area contributed by atoms with Gasteiger partial charge in [0.2, 0.25) is 5.69 Å². The summed E-state index contributed by atoms with van der Waals surface area (Å²) in [5.41, 5.74) is 7.51. The molecule has 0 amide bonds. The van der Waals surface area contributed by atoms with Crippen LogP contribution >= 0.6 is 11.8 Å². The van der Waals surface area contributed by atoms with Crippen LogP contribution in [0.15, 0.2) is 82.7 Å². The lowest BCUT2D eigenvalue weighted by molar-refractivity contribution is -0.659. The quantitative estimate of drug-likeness (QED) is 0.152. The van der Waals surface area contributed by atoms with E-state index in [4.69, 9.17) is 0 Å². The maximum absolute atomic E-state index is 2.47. The van der Waals surface area contributed by atoms with E-state index in [2.05, 4.69) is 133 Å². The highest BCUT2D eigenvalue weighted by atomic mass is 32.2. The van der Waals surface area contributed by atoms with E-state index in [1.807, 2.05) is 11.8 Å². The van der Waals surface area contributed by atoms with Crippen LogP contribution in [-0.4, -0.2) is 0 Å². The number of aryl methyl sites for hydroxylation is 2. The van der Waals surface area contributed by atoms with Crippen molar-refractivity contribution in [2.45, 2.75) is 71.1 Å². The van der Waals surface area contributed by atoms with Gasteiger partial charge in [-0.3, -0.25) is 0 Å². The van der Waals surface area contributed by atoms with Crippen LogP contribution < -0.4 is 4.57 Å². The Balaban J connectivity index is 1.61. The molecule has 1 aliphatic heterocycles. The fourth-order valence-corrected chi connectivity index (χ4v) is 8.50. The molecule has 0 atom stereocenters. The van der Waals surface area contributed by atoms with Crippen molar-refractivity contribution >= 4 is 54.9 Å². The second-order valence-corrected chi connectivity index (χ2v) is 15.6. The molecule has 7 rings (SSSR count). The number of benzene rings is 5. The van der Waals surface area contributed by atoms with E-state index in [0.717, 1.165) is 12.8 Å². The van der Waals surface area contributed by atoms with E-state index >= 15 is 0 Å². The summed E-state index contributed by atoms with van der Waals surface area (Å²) in [6, 6.07) is 25.6. The van der Waals surface area contributed by atoms with Crippen LogP contribution in [0.3, 0.4) is 0 Å². The van der Waals surface area contributed by atoms with Crippen molar-refractivity contribution in [3.63, 3.8) is 0 Å². The molecule has 0 saturated heterocycles. The van der Waals surface area contributed by atoms with Crippen LogP contribution in [0.2, 0.25) is 0 Å². The van der Waals surface area contributed by atoms with Crippen molar-refractivity contribution in [3.05, 3.63) is 89.6 Å². The van der Waals surface area contributed by atoms with Crippen molar-refractivity contribution < 1.29 is 4.57 Å². The lowest BCUT2D eigenvalue weighted by Crippen LogP contribution is -2.32. The number of nitrogens with zero attached hydrogens (tertiary/aromatic N) is 1. The maximum atomic E-state index is 2.47. The Bertz CT molecular complexity index is 2050. The van der Waals surface area contributed by atoms with Gasteiger partial charge < -0.3 is 0 Å². The van der Waals surface area contributed by atoms with Gasteiger partial charge in [-0.05, 0) is 85.7 Å². The largest absolute Gasteiger partial charge is 0.222 e. The Morgan fingerprint density at radius 1 is 0.683 bits per heavy atom. The fourth-order valence-electron chi connectivity index (χ4n) is 7.13. The number of pyridine rings is 1. The molecule has 206 valence electrons. The number of fused-ring (bicyclic) bond motifs is 7. The van der Waals surface area contributed by atoms with E-state index in [9.17, 15) is 0 Å². The van der Waals surface area contributed by atoms with Crippen LogP contribution in [0.4, 0.5) is 0 Å². The Morgan fingerprint density at radius 2 is 1.41 bits per heavy atom. The summed E-state index contributed by atoms with van der Waals surface area (Å²) in [6.45, 7) is 16.5. The number of rotatable bonds is 2. The molecule has 0 fully saturated rings. The molecule has 2 heteroatoms. The molecule has 0 radical (unpaired) electrons. The van der Waals surface area contributed by atoms with E-state index in [0.29, 0.717) is 0 Å². The Hall–Kier alpha value is -3.36. The second-order valence-electron chi connectivity index (χ2n) is 14.6. The molecule has 0 spiro atoms. The molecule has 0 bridgehead atoms. The first kappa shape index (κ1) is 26.5. The summed E-state index contributed by atoms with van der Waals surface area (Å²) in [4.78, 5) is 2.83. The lowest BCUT2D eigenvalue weighted by atomic mass is 9.82. The minimum absolute atomic E-state index is 0.169. The monoisotopic (exact) mass is 554 g/mol. The number of aromatic nitrogens is 1. The van der Waals surface area contributed by atoms with E-state index < -0.39 is 0 Å². The standard InChI is InChI=1S/C39H40NS/c1-23-33-28-12-10-9-11-25(28)14-16-29(33)31(22-39(5,6)7)37-34(23)36-35-30(17-18-40(36)8)27-15-13-24(21-38(2,3)4)19-26(27)20-32(35)41-37/h9-20H,21-22H2,1-8H3/q+1. The van der Waals surface area contributed by atoms with Crippen LogP contribution in [0.1, 0.15) is 58.2 Å². The highest BCUT2D eigenvalue weighted by Gasteiger charge is 2.33. The van der Waals surface area contributed by atoms with E-state index in [1.54, 1.807) is 0 Å². The number of hydrogen-bond donors (Lipinski definition) is 0. The normalized spacial score (nSPS) is 13.5. The van der Waals surface area contributed by atoms with Gasteiger partial charge in [-0.15, -0.1) is 0 Å². The smallest absolute Gasteiger partial charge is 0.200 e. The van der Waals surface area contributed by atoms with Crippen LogP contribution in [0.25, 0.3) is 54.3 Å². The molecule has 41 heavy (non-hydrogen) atoms. The van der Waals surface area contributed by atoms with Gasteiger partial charge in [0.1, 0.15) is 7.05 Å². The minimum atomic E-state index is 0.169. The van der Waals surface area contributed by atoms with Crippen LogP contribution in [0.5, 0.6) is 0 Å². The van der Waals surface area contributed by atoms with Gasteiger partial charge in [-0.25, -0.2) is 4.57 Å². The first-order valence-corrected chi connectivity index (χ1v) is 15.7. The molecule has 2 heterocycles. The molecule has 1 nitrogen and oxygen atoms in total. The van der Waals surface area contributed by atoms with Gasteiger partial charge in [0.05, 0.1) is 10.9 Å². The summed E-state index contributed by atoms with van der Waals surface area (Å²) in [7, 11) is 2.23. The fraction of sp³-hybridized carbons (Fsp3) is 0.308. The minimum Gasteiger partial charge on any atom is -0.200 e. The third-order valence-electron chi connectivity index (χ3n) is 8.66. The van der Waals surface area contributed by atoms with Gasteiger partial charge in [0.15, 0.2) is 6.20 Å². The molecule has 5 aromatic carbocycles. The van der Waals surface area contributed by atoms with Gasteiger partial charge in [-0.1, -0.05) is 108 Å². The van der Waals surface area contributed by atoms with Crippen molar-refractivity contribution in [1.82, 2.24) is 0 Å². The first-order valence-electron chi connectivity index (χ1n) is 14.9. The first-order chi connectivity index (χ1) is 19.4. The van der Waals surface area contributed by atoms with Gasteiger partial charge in [0, 0.05) is 21.2 Å². The lowest BCUT2D eigenvalue weighted by Gasteiger charge is -2.28. The molecule has 0 unspecified atom stereocenters. The van der Waals surface area contributed by atoms with Gasteiger partial charge in [0.25, 0.3) is 0 Å². The highest BCUT2D eigenvalue weighted by Crippen LogP contribution is 2.54. The highest BCUT2D eigenvalue weighted by molar-refractivity contribution is 8.00. The molecular formula is C39H40NS+. The van der Waals surface area contributed by atoms with Crippen LogP contribution in [0, 0.1) is 17.8 Å². The average molecular weight is 555 g/mol. The zero-order valence-corrected chi connectivity index (χ0v) is 26.5. The van der Waals surface area contributed by atoms with E-state index in [1.165, 1.54) is 80.8 Å². The SMILES string of the molecule is Cc1c2c(c(CC(C)(C)C)c3ccc4ccccc4c13)Sc1cc3cc(CC(C)(C)C)ccc3c3cc[n+](C)c-2c13. The zero-order valence-electron chi connectivity index (χ0n) is 25.7. The van der Waals surface area contributed by atoms with Gasteiger partial charge >= 0.3 is 0 Å². The Kier molecular flexibility index (Phi) is 5.87. The summed E-state index contributed by atoms with van der Waals surface area (Å²) in [5, 5.41) is 11.0. The van der Waals surface area contributed by atoms with E-state index in [-0.39, 0.29) is 10.8 Å². The predicted molar refractivity (Wildman–Crippen MR) is 178 cm³/mol. The third kappa shape index (κ3) is 4.34. The molecule has 1 aliphatic rings. The molecular weight excluding hydrogens is 515 g/mol. The summed E-state index contributed by atoms with van der Waals surface area (Å²) < 4.78 is 2.37. The zero-order chi connectivity index (χ0) is 28.8.